The molecule has 0 saturated carbocycles. The fraction of sp³-hybridized carbons (Fsp3) is 0.417. The van der Waals surface area contributed by atoms with Crippen molar-refractivity contribution in [2.24, 2.45) is 11.8 Å². The molecule has 0 amide bonds. The summed E-state index contributed by atoms with van der Waals surface area (Å²) in [5.41, 5.74) is 0.171. The molecule has 0 aliphatic carbocycles. The molecule has 1 aromatic rings. The molecule has 94 valence electrons. The van der Waals surface area contributed by atoms with Crippen LogP contribution in [-0.4, -0.2) is 16.2 Å². The van der Waals surface area contributed by atoms with Gasteiger partial charge in [-0.3, -0.25) is 4.79 Å². The van der Waals surface area contributed by atoms with Crippen LogP contribution >= 0.6 is 0 Å². The average molecular weight is 244 g/mol. The van der Waals surface area contributed by atoms with Crippen molar-refractivity contribution in [1.82, 2.24) is 0 Å². The third-order valence-corrected chi connectivity index (χ3v) is 2.96. The summed E-state index contributed by atoms with van der Waals surface area (Å²) in [5.74, 6) is -4.48. The molecule has 3 atom stereocenters. The zero-order valence-electron chi connectivity index (χ0n) is 9.52. The number of carboxylic acid groups (broad SMARTS) is 1. The Balaban J connectivity index is 2.92. The normalized spacial score (nSPS) is 16.3. The highest BCUT2D eigenvalue weighted by Gasteiger charge is 2.27. The van der Waals surface area contributed by atoms with Crippen molar-refractivity contribution in [2.75, 3.05) is 0 Å². The van der Waals surface area contributed by atoms with Crippen molar-refractivity contribution >= 4 is 5.97 Å². The Morgan fingerprint density at radius 2 is 1.82 bits per heavy atom. The predicted molar refractivity (Wildman–Crippen MR) is 57.3 cm³/mol. The minimum absolute atomic E-state index is 0.171. The van der Waals surface area contributed by atoms with E-state index in [0.29, 0.717) is 0 Å². The van der Waals surface area contributed by atoms with Gasteiger partial charge in [0.15, 0.2) is 11.6 Å². The molecule has 3 nitrogen and oxygen atoms in total. The number of hydrogen-bond acceptors (Lipinski definition) is 2. The maximum absolute atomic E-state index is 13.0. The number of aliphatic carboxylic acids is 1. The molecule has 17 heavy (non-hydrogen) atoms. The summed E-state index contributed by atoms with van der Waals surface area (Å²) >= 11 is 0. The van der Waals surface area contributed by atoms with Crippen molar-refractivity contribution in [3.8, 4) is 0 Å². The molecule has 0 aliphatic rings. The molecule has 0 fully saturated rings. The lowest BCUT2D eigenvalue weighted by atomic mass is 9.87. The van der Waals surface area contributed by atoms with Gasteiger partial charge in [-0.25, -0.2) is 8.78 Å². The summed E-state index contributed by atoms with van der Waals surface area (Å²) in [7, 11) is 0. The van der Waals surface area contributed by atoms with Crippen LogP contribution in [0.15, 0.2) is 18.2 Å². The van der Waals surface area contributed by atoms with Crippen molar-refractivity contribution in [2.45, 2.75) is 20.0 Å². The van der Waals surface area contributed by atoms with Gasteiger partial charge in [-0.15, -0.1) is 0 Å². The van der Waals surface area contributed by atoms with Gasteiger partial charge in [0.05, 0.1) is 12.0 Å². The van der Waals surface area contributed by atoms with Gasteiger partial charge in [-0.1, -0.05) is 19.9 Å². The van der Waals surface area contributed by atoms with E-state index in [0.717, 1.165) is 12.1 Å². The van der Waals surface area contributed by atoms with Crippen molar-refractivity contribution < 1.29 is 23.8 Å². The zero-order valence-corrected chi connectivity index (χ0v) is 9.52. The Bertz CT molecular complexity index is 420. The van der Waals surface area contributed by atoms with Crippen LogP contribution in [0.25, 0.3) is 0 Å². The number of hydrogen-bond donors (Lipinski definition) is 2. The second-order valence-corrected chi connectivity index (χ2v) is 4.10. The summed E-state index contributed by atoms with van der Waals surface area (Å²) < 4.78 is 25.7. The first-order chi connectivity index (χ1) is 7.84. The first-order valence-corrected chi connectivity index (χ1v) is 5.20. The fourth-order valence-electron chi connectivity index (χ4n) is 1.50. The minimum atomic E-state index is -1.14. The van der Waals surface area contributed by atoms with Crippen molar-refractivity contribution in [3.05, 3.63) is 35.4 Å². The zero-order chi connectivity index (χ0) is 13.2. The summed E-state index contributed by atoms with van der Waals surface area (Å²) in [5, 5.41) is 18.7. The molecule has 0 radical (unpaired) electrons. The topological polar surface area (TPSA) is 57.5 Å². The molecule has 5 heteroatoms. The van der Waals surface area contributed by atoms with E-state index in [2.05, 4.69) is 0 Å². The van der Waals surface area contributed by atoms with E-state index in [1.807, 2.05) is 0 Å². The Hall–Kier alpha value is -1.49. The first kappa shape index (κ1) is 13.6. The van der Waals surface area contributed by atoms with E-state index in [1.165, 1.54) is 13.0 Å². The maximum Gasteiger partial charge on any atom is 0.306 e. The number of carboxylic acids is 1. The van der Waals surface area contributed by atoms with Gasteiger partial charge in [0, 0.05) is 0 Å². The van der Waals surface area contributed by atoms with Gasteiger partial charge in [0.1, 0.15) is 0 Å². The second-order valence-electron chi connectivity index (χ2n) is 4.10. The van der Waals surface area contributed by atoms with Crippen LogP contribution in [0.1, 0.15) is 25.5 Å². The quantitative estimate of drug-likeness (QED) is 0.854. The Morgan fingerprint density at radius 1 is 1.24 bits per heavy atom. The smallest absolute Gasteiger partial charge is 0.306 e. The SMILES string of the molecule is CC(C(=O)O)C(C)C(O)c1ccc(F)c(F)c1. The predicted octanol–water partition coefficient (Wildman–Crippen LogP) is 2.36. The number of benzene rings is 1. The van der Waals surface area contributed by atoms with E-state index in [1.54, 1.807) is 6.92 Å². The molecule has 0 heterocycles. The van der Waals surface area contributed by atoms with Crippen LogP contribution in [0.5, 0.6) is 0 Å². The number of aliphatic hydroxyl groups excluding tert-OH is 1. The molecule has 0 bridgehead atoms. The van der Waals surface area contributed by atoms with Gasteiger partial charge in [-0.2, -0.15) is 0 Å². The van der Waals surface area contributed by atoms with E-state index in [4.69, 9.17) is 5.11 Å². The lowest BCUT2D eigenvalue weighted by molar-refractivity contribution is -0.144. The lowest BCUT2D eigenvalue weighted by Gasteiger charge is -2.22. The third kappa shape index (κ3) is 3.00. The average Bonchev–Trinajstić information content (AvgIpc) is 2.29. The highest BCUT2D eigenvalue weighted by atomic mass is 19.2. The van der Waals surface area contributed by atoms with E-state index >= 15 is 0 Å². The third-order valence-electron chi connectivity index (χ3n) is 2.96. The summed E-state index contributed by atoms with van der Waals surface area (Å²) in [6.45, 7) is 3.00. The van der Waals surface area contributed by atoms with Crippen LogP contribution in [0.2, 0.25) is 0 Å². The molecular formula is C12H14F2O3. The minimum Gasteiger partial charge on any atom is -0.481 e. The molecule has 0 aromatic heterocycles. The Labute approximate surface area is 97.7 Å². The van der Waals surface area contributed by atoms with Crippen LogP contribution in [-0.2, 0) is 4.79 Å². The largest absolute Gasteiger partial charge is 0.481 e. The molecule has 3 unspecified atom stereocenters. The fourth-order valence-corrected chi connectivity index (χ4v) is 1.50. The van der Waals surface area contributed by atoms with Gasteiger partial charge in [0.25, 0.3) is 0 Å². The van der Waals surface area contributed by atoms with E-state index in [9.17, 15) is 18.7 Å². The van der Waals surface area contributed by atoms with Gasteiger partial charge in [-0.05, 0) is 23.6 Å². The molecule has 2 N–H and O–H groups in total. The monoisotopic (exact) mass is 244 g/mol. The number of rotatable bonds is 4. The van der Waals surface area contributed by atoms with Crippen LogP contribution < -0.4 is 0 Å². The second kappa shape index (κ2) is 5.23. The van der Waals surface area contributed by atoms with Crippen molar-refractivity contribution in [3.63, 3.8) is 0 Å². The van der Waals surface area contributed by atoms with Crippen LogP contribution in [0, 0.1) is 23.5 Å². The standard InChI is InChI=1S/C12H14F2O3/c1-6(7(2)12(16)17)11(15)8-3-4-9(13)10(14)5-8/h3-7,11,15H,1-2H3,(H,16,17). The van der Waals surface area contributed by atoms with E-state index < -0.39 is 35.5 Å². The number of aliphatic hydroxyl groups is 1. The van der Waals surface area contributed by atoms with Gasteiger partial charge < -0.3 is 10.2 Å². The molecule has 1 rings (SSSR count). The Morgan fingerprint density at radius 3 is 2.29 bits per heavy atom. The number of carbonyl (C=O) groups is 1. The molecule has 0 saturated heterocycles. The number of halogens is 2. The summed E-state index contributed by atoms with van der Waals surface area (Å²) in [6.07, 6.45) is -1.14. The molecule has 1 aromatic carbocycles. The highest BCUT2D eigenvalue weighted by Crippen LogP contribution is 2.28. The van der Waals surface area contributed by atoms with Gasteiger partial charge in [0.2, 0.25) is 0 Å². The molecule has 0 aliphatic heterocycles. The van der Waals surface area contributed by atoms with Crippen LogP contribution in [0.3, 0.4) is 0 Å². The first-order valence-electron chi connectivity index (χ1n) is 5.20. The van der Waals surface area contributed by atoms with Crippen molar-refractivity contribution in [1.29, 1.82) is 0 Å². The summed E-state index contributed by atoms with van der Waals surface area (Å²) in [6, 6.07) is 3.03. The highest BCUT2D eigenvalue weighted by molar-refractivity contribution is 5.69. The molecular weight excluding hydrogens is 230 g/mol. The van der Waals surface area contributed by atoms with E-state index in [-0.39, 0.29) is 5.56 Å². The van der Waals surface area contributed by atoms with Gasteiger partial charge >= 0.3 is 5.97 Å². The molecule has 0 spiro atoms. The maximum atomic E-state index is 13.0. The Kier molecular flexibility index (Phi) is 4.17. The summed E-state index contributed by atoms with van der Waals surface area (Å²) in [4.78, 5) is 10.8. The van der Waals surface area contributed by atoms with Crippen LogP contribution in [0.4, 0.5) is 8.78 Å². The lowest BCUT2D eigenvalue weighted by Crippen LogP contribution is -2.24.